The van der Waals surface area contributed by atoms with E-state index in [1.165, 1.54) is 0 Å². The van der Waals surface area contributed by atoms with E-state index in [1.807, 2.05) is 41.0 Å². The lowest BCUT2D eigenvalue weighted by Crippen LogP contribution is -2.14. The number of rotatable bonds is 4. The molecular weight excluding hydrogens is 264 g/mol. The summed E-state index contributed by atoms with van der Waals surface area (Å²) in [6, 6.07) is 15.0. The molecule has 0 atom stereocenters. The molecule has 0 spiro atoms. The van der Waals surface area contributed by atoms with Crippen LogP contribution in [0.3, 0.4) is 0 Å². The second-order valence-electron chi connectivity index (χ2n) is 4.85. The molecule has 1 aromatic heterocycles. The second kappa shape index (κ2) is 5.66. The Morgan fingerprint density at radius 1 is 1.19 bits per heavy atom. The topological polar surface area (TPSA) is 72.9 Å². The number of carbonyl (C=O) groups excluding carboxylic acids is 1. The SMILES string of the molecule is Nc1cccc(NC(=O)CCn2cnc3ccccc32)c1. The summed E-state index contributed by atoms with van der Waals surface area (Å²) in [5, 5.41) is 2.84. The number of imidazole rings is 1. The molecule has 1 amide bonds. The number of hydrogen-bond donors (Lipinski definition) is 2. The minimum atomic E-state index is -0.0432. The smallest absolute Gasteiger partial charge is 0.226 e. The van der Waals surface area contributed by atoms with Gasteiger partial charge in [0.2, 0.25) is 5.91 Å². The maximum Gasteiger partial charge on any atom is 0.226 e. The highest BCUT2D eigenvalue weighted by Gasteiger charge is 2.06. The van der Waals surface area contributed by atoms with E-state index in [1.54, 1.807) is 18.5 Å². The number of aryl methyl sites for hydroxylation is 1. The van der Waals surface area contributed by atoms with E-state index in [2.05, 4.69) is 10.3 Å². The molecule has 0 aliphatic carbocycles. The fourth-order valence-electron chi connectivity index (χ4n) is 2.25. The van der Waals surface area contributed by atoms with E-state index in [0.29, 0.717) is 18.7 Å². The number of carbonyl (C=O) groups is 1. The molecule has 5 heteroatoms. The number of anilines is 2. The Labute approximate surface area is 122 Å². The van der Waals surface area contributed by atoms with Gasteiger partial charge in [-0.3, -0.25) is 4.79 Å². The lowest BCUT2D eigenvalue weighted by Gasteiger charge is -2.07. The fraction of sp³-hybridized carbons (Fsp3) is 0.125. The molecule has 106 valence electrons. The Bertz CT molecular complexity index is 779. The second-order valence-corrected chi connectivity index (χ2v) is 4.85. The van der Waals surface area contributed by atoms with Crippen LogP contribution in [-0.4, -0.2) is 15.5 Å². The van der Waals surface area contributed by atoms with Crippen LogP contribution in [0.4, 0.5) is 11.4 Å². The van der Waals surface area contributed by atoms with Gasteiger partial charge in [0.25, 0.3) is 0 Å². The Morgan fingerprint density at radius 2 is 2.05 bits per heavy atom. The molecule has 0 fully saturated rings. The van der Waals surface area contributed by atoms with Crippen molar-refractivity contribution in [3.05, 3.63) is 54.9 Å². The molecule has 3 rings (SSSR count). The Balaban J connectivity index is 1.63. The summed E-state index contributed by atoms with van der Waals surface area (Å²) in [7, 11) is 0. The van der Waals surface area contributed by atoms with Crippen LogP contribution in [0.5, 0.6) is 0 Å². The van der Waals surface area contributed by atoms with Crippen molar-refractivity contribution in [1.29, 1.82) is 0 Å². The molecule has 0 unspecified atom stereocenters. The van der Waals surface area contributed by atoms with Crippen LogP contribution in [0, 0.1) is 0 Å². The molecule has 5 nitrogen and oxygen atoms in total. The van der Waals surface area contributed by atoms with Crippen LogP contribution >= 0.6 is 0 Å². The van der Waals surface area contributed by atoms with Crippen molar-refractivity contribution in [3.63, 3.8) is 0 Å². The van der Waals surface area contributed by atoms with Gasteiger partial charge in [0, 0.05) is 24.3 Å². The van der Waals surface area contributed by atoms with E-state index in [4.69, 9.17) is 5.73 Å². The van der Waals surface area contributed by atoms with Crippen LogP contribution in [0.1, 0.15) is 6.42 Å². The summed E-state index contributed by atoms with van der Waals surface area (Å²) in [6.07, 6.45) is 2.15. The average Bonchev–Trinajstić information content (AvgIpc) is 2.88. The summed E-state index contributed by atoms with van der Waals surface area (Å²) < 4.78 is 1.98. The zero-order valence-corrected chi connectivity index (χ0v) is 11.5. The normalized spacial score (nSPS) is 10.7. The third kappa shape index (κ3) is 3.02. The van der Waals surface area contributed by atoms with Crippen LogP contribution in [0.2, 0.25) is 0 Å². The minimum Gasteiger partial charge on any atom is -0.399 e. The first-order valence-electron chi connectivity index (χ1n) is 6.77. The van der Waals surface area contributed by atoms with Gasteiger partial charge < -0.3 is 15.6 Å². The van der Waals surface area contributed by atoms with Crippen molar-refractivity contribution < 1.29 is 4.79 Å². The molecule has 0 saturated heterocycles. The van der Waals surface area contributed by atoms with Crippen LogP contribution < -0.4 is 11.1 Å². The molecule has 21 heavy (non-hydrogen) atoms. The number of benzene rings is 2. The number of nitrogens with zero attached hydrogens (tertiary/aromatic N) is 2. The van der Waals surface area contributed by atoms with Crippen molar-refractivity contribution in [2.24, 2.45) is 0 Å². The number of nitrogens with two attached hydrogens (primary N) is 1. The predicted molar refractivity (Wildman–Crippen MR) is 83.8 cm³/mol. The summed E-state index contributed by atoms with van der Waals surface area (Å²) in [6.45, 7) is 0.592. The first-order valence-corrected chi connectivity index (χ1v) is 6.77. The summed E-state index contributed by atoms with van der Waals surface area (Å²) in [5.74, 6) is -0.0432. The molecular formula is C16H16N4O. The average molecular weight is 280 g/mol. The zero-order chi connectivity index (χ0) is 14.7. The van der Waals surface area contributed by atoms with E-state index < -0.39 is 0 Å². The lowest BCUT2D eigenvalue weighted by molar-refractivity contribution is -0.116. The molecule has 0 bridgehead atoms. The monoisotopic (exact) mass is 280 g/mol. The molecule has 0 saturated carbocycles. The number of fused-ring (bicyclic) bond motifs is 1. The third-order valence-corrected chi connectivity index (χ3v) is 3.28. The van der Waals surface area contributed by atoms with Crippen molar-refractivity contribution >= 4 is 28.3 Å². The highest BCUT2D eigenvalue weighted by Crippen LogP contribution is 2.14. The van der Waals surface area contributed by atoms with Crippen molar-refractivity contribution in [2.75, 3.05) is 11.1 Å². The Hall–Kier alpha value is -2.82. The minimum absolute atomic E-state index is 0.0432. The highest BCUT2D eigenvalue weighted by molar-refractivity contribution is 5.91. The van der Waals surface area contributed by atoms with Crippen LogP contribution in [0.25, 0.3) is 11.0 Å². The predicted octanol–water partition coefficient (Wildman–Crippen LogP) is 2.65. The van der Waals surface area contributed by atoms with Gasteiger partial charge in [0.1, 0.15) is 0 Å². The first kappa shape index (κ1) is 13.2. The Morgan fingerprint density at radius 3 is 2.90 bits per heavy atom. The number of amides is 1. The van der Waals surface area contributed by atoms with Crippen LogP contribution in [0.15, 0.2) is 54.9 Å². The number of para-hydroxylation sites is 2. The van der Waals surface area contributed by atoms with E-state index >= 15 is 0 Å². The molecule has 2 aromatic carbocycles. The summed E-state index contributed by atoms with van der Waals surface area (Å²) >= 11 is 0. The summed E-state index contributed by atoms with van der Waals surface area (Å²) in [4.78, 5) is 16.3. The van der Waals surface area contributed by atoms with E-state index in [0.717, 1.165) is 16.7 Å². The highest BCUT2D eigenvalue weighted by atomic mass is 16.1. The van der Waals surface area contributed by atoms with Crippen molar-refractivity contribution in [3.8, 4) is 0 Å². The first-order chi connectivity index (χ1) is 10.2. The summed E-state index contributed by atoms with van der Waals surface area (Å²) in [5.41, 5.74) is 9.01. The van der Waals surface area contributed by atoms with E-state index in [9.17, 15) is 4.79 Å². The molecule has 3 aromatic rings. The maximum atomic E-state index is 12.0. The van der Waals surface area contributed by atoms with Crippen LogP contribution in [-0.2, 0) is 11.3 Å². The van der Waals surface area contributed by atoms with Gasteiger partial charge in [-0.1, -0.05) is 18.2 Å². The van der Waals surface area contributed by atoms with E-state index in [-0.39, 0.29) is 5.91 Å². The third-order valence-electron chi connectivity index (χ3n) is 3.28. The molecule has 1 heterocycles. The van der Waals surface area contributed by atoms with Gasteiger partial charge in [-0.05, 0) is 30.3 Å². The lowest BCUT2D eigenvalue weighted by atomic mass is 10.2. The van der Waals surface area contributed by atoms with Gasteiger partial charge in [0.05, 0.1) is 17.4 Å². The number of nitrogen functional groups attached to an aromatic ring is 1. The number of nitrogens with one attached hydrogen (secondary N) is 1. The number of hydrogen-bond acceptors (Lipinski definition) is 3. The molecule has 3 N–H and O–H groups in total. The number of aromatic nitrogens is 2. The van der Waals surface area contributed by atoms with Gasteiger partial charge in [0.15, 0.2) is 0 Å². The van der Waals surface area contributed by atoms with Crippen molar-refractivity contribution in [2.45, 2.75) is 13.0 Å². The Kier molecular flexibility index (Phi) is 3.55. The fourth-order valence-corrected chi connectivity index (χ4v) is 2.25. The van der Waals surface area contributed by atoms with Gasteiger partial charge >= 0.3 is 0 Å². The van der Waals surface area contributed by atoms with Gasteiger partial charge in [-0.2, -0.15) is 0 Å². The molecule has 0 aliphatic heterocycles. The molecule has 0 aliphatic rings. The molecule has 0 radical (unpaired) electrons. The van der Waals surface area contributed by atoms with Gasteiger partial charge in [-0.25, -0.2) is 4.98 Å². The largest absolute Gasteiger partial charge is 0.399 e. The maximum absolute atomic E-state index is 12.0. The zero-order valence-electron chi connectivity index (χ0n) is 11.5. The quantitative estimate of drug-likeness (QED) is 0.722. The van der Waals surface area contributed by atoms with Crippen molar-refractivity contribution in [1.82, 2.24) is 9.55 Å². The van der Waals surface area contributed by atoms with Gasteiger partial charge in [-0.15, -0.1) is 0 Å². The standard InChI is InChI=1S/C16H16N4O/c17-12-4-3-5-13(10-12)19-16(21)8-9-20-11-18-14-6-1-2-7-15(14)20/h1-7,10-11H,8-9,17H2,(H,19,21).